The Morgan fingerprint density at radius 3 is 2.71 bits per heavy atom. The summed E-state index contributed by atoms with van der Waals surface area (Å²) in [6, 6.07) is 7.53. The van der Waals surface area contributed by atoms with Crippen LogP contribution in [0, 0.1) is 0 Å². The Hall–Kier alpha value is -1.29. The second-order valence-corrected chi connectivity index (χ2v) is 4.46. The molecular weight excluding hydrogens is 236 g/mol. The van der Waals surface area contributed by atoms with Gasteiger partial charge in [0.1, 0.15) is 0 Å². The summed E-state index contributed by atoms with van der Waals surface area (Å²) in [6.07, 6.45) is 3.19. The molecule has 0 atom stereocenters. The van der Waals surface area contributed by atoms with E-state index in [2.05, 4.69) is 4.74 Å². The summed E-state index contributed by atoms with van der Waals surface area (Å²) in [4.78, 5) is 23.8. The highest BCUT2D eigenvalue weighted by Crippen LogP contribution is 2.17. The molecule has 0 saturated carbocycles. The zero-order valence-corrected chi connectivity index (χ0v) is 10.9. The van der Waals surface area contributed by atoms with Gasteiger partial charge in [-0.1, -0.05) is 12.1 Å². The molecule has 1 aromatic carbocycles. The molecule has 0 spiro atoms. The average Bonchev–Trinajstić information content (AvgIpc) is 2.38. The molecule has 17 heavy (non-hydrogen) atoms. The number of ketones is 1. The van der Waals surface area contributed by atoms with Gasteiger partial charge in [0, 0.05) is 23.3 Å². The first-order chi connectivity index (χ1) is 8.17. The van der Waals surface area contributed by atoms with E-state index in [1.54, 1.807) is 17.8 Å². The summed E-state index contributed by atoms with van der Waals surface area (Å²) in [6.45, 7) is 0. The lowest BCUT2D eigenvalue weighted by atomic mass is 10.1. The van der Waals surface area contributed by atoms with Gasteiger partial charge in [-0.05, 0) is 24.8 Å². The molecule has 92 valence electrons. The normalized spacial score (nSPS) is 10.0. The first-order valence-corrected chi connectivity index (χ1v) is 6.64. The number of methoxy groups -OCH3 is 1. The third-order valence-electron chi connectivity index (χ3n) is 2.40. The molecule has 0 aliphatic carbocycles. The van der Waals surface area contributed by atoms with Crippen molar-refractivity contribution in [3.63, 3.8) is 0 Å². The fourth-order valence-electron chi connectivity index (χ4n) is 1.44. The molecule has 0 saturated heterocycles. The molecule has 0 bridgehead atoms. The Morgan fingerprint density at radius 2 is 2.06 bits per heavy atom. The molecule has 0 aromatic heterocycles. The highest BCUT2D eigenvalue weighted by Gasteiger charge is 2.08. The molecule has 1 rings (SSSR count). The molecular formula is C13H16O3S. The Balaban J connectivity index is 2.49. The van der Waals surface area contributed by atoms with Crippen LogP contribution in [0.15, 0.2) is 29.2 Å². The van der Waals surface area contributed by atoms with Crippen LogP contribution in [0.5, 0.6) is 0 Å². The van der Waals surface area contributed by atoms with Crippen LogP contribution in [0.4, 0.5) is 0 Å². The number of esters is 1. The molecule has 1 aromatic rings. The van der Waals surface area contributed by atoms with Crippen LogP contribution in [0.3, 0.4) is 0 Å². The van der Waals surface area contributed by atoms with Crippen LogP contribution in [0.1, 0.15) is 29.6 Å². The number of carbonyl (C=O) groups excluding carboxylic acids is 2. The second-order valence-electron chi connectivity index (χ2n) is 3.58. The van der Waals surface area contributed by atoms with E-state index >= 15 is 0 Å². The molecule has 0 amide bonds. The maximum Gasteiger partial charge on any atom is 0.305 e. The van der Waals surface area contributed by atoms with Crippen molar-refractivity contribution >= 4 is 23.5 Å². The SMILES string of the molecule is COC(=O)CCCC(=O)c1cccc(SC)c1. The Morgan fingerprint density at radius 1 is 1.29 bits per heavy atom. The summed E-state index contributed by atoms with van der Waals surface area (Å²) in [5.74, 6) is -0.194. The number of ether oxygens (including phenoxy) is 1. The van der Waals surface area contributed by atoms with Crippen molar-refractivity contribution in [1.29, 1.82) is 0 Å². The molecule has 0 radical (unpaired) electrons. The average molecular weight is 252 g/mol. The second kappa shape index (κ2) is 7.12. The number of rotatable bonds is 6. The lowest BCUT2D eigenvalue weighted by Gasteiger charge is -2.02. The van der Waals surface area contributed by atoms with Gasteiger partial charge in [-0.15, -0.1) is 11.8 Å². The smallest absolute Gasteiger partial charge is 0.305 e. The number of hydrogen-bond donors (Lipinski definition) is 0. The molecule has 0 N–H and O–H groups in total. The van der Waals surface area contributed by atoms with Gasteiger partial charge in [-0.3, -0.25) is 9.59 Å². The number of Topliss-reactive ketones (excluding diaryl/α,β-unsaturated/α-hetero) is 1. The van der Waals surface area contributed by atoms with E-state index in [0.29, 0.717) is 24.8 Å². The highest BCUT2D eigenvalue weighted by atomic mass is 32.2. The van der Waals surface area contributed by atoms with Gasteiger partial charge < -0.3 is 4.74 Å². The van der Waals surface area contributed by atoms with E-state index < -0.39 is 0 Å². The van der Waals surface area contributed by atoms with Crippen molar-refractivity contribution in [3.05, 3.63) is 29.8 Å². The van der Waals surface area contributed by atoms with Gasteiger partial charge in [0.25, 0.3) is 0 Å². The number of hydrogen-bond acceptors (Lipinski definition) is 4. The van der Waals surface area contributed by atoms with Gasteiger partial charge in [-0.2, -0.15) is 0 Å². The molecule has 0 aliphatic rings. The first kappa shape index (κ1) is 13.8. The molecule has 0 heterocycles. The zero-order chi connectivity index (χ0) is 12.7. The Bertz CT molecular complexity index is 401. The third-order valence-corrected chi connectivity index (χ3v) is 3.13. The minimum atomic E-state index is -0.268. The van der Waals surface area contributed by atoms with E-state index in [1.165, 1.54) is 7.11 Å². The summed E-state index contributed by atoms with van der Waals surface area (Å²) in [7, 11) is 1.35. The first-order valence-electron chi connectivity index (χ1n) is 5.41. The van der Waals surface area contributed by atoms with Gasteiger partial charge in [-0.25, -0.2) is 0 Å². The van der Waals surface area contributed by atoms with E-state index in [1.807, 2.05) is 24.5 Å². The van der Waals surface area contributed by atoms with E-state index in [0.717, 1.165) is 4.90 Å². The topological polar surface area (TPSA) is 43.4 Å². The van der Waals surface area contributed by atoms with Crippen LogP contribution in [0.2, 0.25) is 0 Å². The maximum atomic E-state index is 11.8. The van der Waals surface area contributed by atoms with Crippen molar-refractivity contribution in [2.45, 2.75) is 24.2 Å². The maximum absolute atomic E-state index is 11.8. The zero-order valence-electron chi connectivity index (χ0n) is 10.1. The highest BCUT2D eigenvalue weighted by molar-refractivity contribution is 7.98. The lowest BCUT2D eigenvalue weighted by Crippen LogP contribution is -2.03. The predicted octanol–water partition coefficient (Wildman–Crippen LogP) is 2.93. The minimum Gasteiger partial charge on any atom is -0.469 e. The number of thioether (sulfide) groups is 1. The molecule has 0 aliphatic heterocycles. The van der Waals surface area contributed by atoms with Gasteiger partial charge in [0.2, 0.25) is 0 Å². The van der Waals surface area contributed by atoms with E-state index in [-0.39, 0.29) is 11.8 Å². The van der Waals surface area contributed by atoms with E-state index in [4.69, 9.17) is 0 Å². The third kappa shape index (κ3) is 4.61. The molecule has 4 heteroatoms. The largest absolute Gasteiger partial charge is 0.469 e. The fourth-order valence-corrected chi connectivity index (χ4v) is 1.90. The van der Waals surface area contributed by atoms with Crippen LogP contribution in [0.25, 0.3) is 0 Å². The standard InChI is InChI=1S/C13H16O3S/c1-16-13(15)8-4-7-12(14)10-5-3-6-11(9-10)17-2/h3,5-6,9H,4,7-8H2,1-2H3. The van der Waals surface area contributed by atoms with Crippen molar-refractivity contribution in [1.82, 2.24) is 0 Å². The van der Waals surface area contributed by atoms with Crippen molar-refractivity contribution < 1.29 is 14.3 Å². The summed E-state index contributed by atoms with van der Waals surface area (Å²) < 4.78 is 4.52. The Labute approximate surface area is 106 Å². The lowest BCUT2D eigenvalue weighted by molar-refractivity contribution is -0.140. The quantitative estimate of drug-likeness (QED) is 0.443. The monoisotopic (exact) mass is 252 g/mol. The van der Waals surface area contributed by atoms with Crippen LogP contribution < -0.4 is 0 Å². The van der Waals surface area contributed by atoms with Gasteiger partial charge in [0.05, 0.1) is 7.11 Å². The van der Waals surface area contributed by atoms with Gasteiger partial charge in [0.15, 0.2) is 5.78 Å². The molecule has 3 nitrogen and oxygen atoms in total. The number of carbonyl (C=O) groups is 2. The fraction of sp³-hybridized carbons (Fsp3) is 0.385. The van der Waals surface area contributed by atoms with Crippen molar-refractivity contribution in [2.24, 2.45) is 0 Å². The summed E-state index contributed by atoms with van der Waals surface area (Å²) in [5, 5.41) is 0. The van der Waals surface area contributed by atoms with E-state index in [9.17, 15) is 9.59 Å². The summed E-state index contributed by atoms with van der Waals surface area (Å²) >= 11 is 1.61. The molecule has 0 fully saturated rings. The minimum absolute atomic E-state index is 0.0739. The van der Waals surface area contributed by atoms with Crippen molar-refractivity contribution in [3.8, 4) is 0 Å². The van der Waals surface area contributed by atoms with Crippen LogP contribution >= 0.6 is 11.8 Å². The molecule has 0 unspecified atom stereocenters. The Kier molecular flexibility index (Phi) is 5.77. The van der Waals surface area contributed by atoms with Gasteiger partial charge >= 0.3 is 5.97 Å². The van der Waals surface area contributed by atoms with Crippen molar-refractivity contribution in [2.75, 3.05) is 13.4 Å². The number of benzene rings is 1. The summed E-state index contributed by atoms with van der Waals surface area (Å²) in [5.41, 5.74) is 0.710. The predicted molar refractivity (Wildman–Crippen MR) is 68.4 cm³/mol. The van der Waals surface area contributed by atoms with Crippen LogP contribution in [-0.2, 0) is 9.53 Å². The van der Waals surface area contributed by atoms with Crippen LogP contribution in [-0.4, -0.2) is 25.1 Å².